The summed E-state index contributed by atoms with van der Waals surface area (Å²) in [4.78, 5) is 26.6. The first kappa shape index (κ1) is 21.5. The minimum absolute atomic E-state index is 0.00661. The van der Waals surface area contributed by atoms with Crippen molar-refractivity contribution in [3.8, 4) is 0 Å². The lowest BCUT2D eigenvalue weighted by Crippen LogP contribution is -2.38. The average Bonchev–Trinajstić information content (AvgIpc) is 3.06. The highest BCUT2D eigenvalue weighted by atomic mass is 79.9. The smallest absolute Gasteiger partial charge is 0.239 e. The van der Waals surface area contributed by atoms with Crippen LogP contribution >= 0.6 is 15.9 Å². The lowest BCUT2D eigenvalue weighted by Gasteiger charge is -2.25. The lowest BCUT2D eigenvalue weighted by atomic mass is 10.1. The number of likely N-dealkylation sites (tertiary alicyclic amines) is 1. The van der Waals surface area contributed by atoms with Crippen molar-refractivity contribution >= 4 is 37.8 Å². The summed E-state index contributed by atoms with van der Waals surface area (Å²) >= 11 is 3.34. The van der Waals surface area contributed by atoms with Gasteiger partial charge in [-0.1, -0.05) is 64.0 Å². The van der Waals surface area contributed by atoms with Crippen LogP contribution in [0, 0.1) is 12.8 Å². The molecule has 0 aliphatic carbocycles. The number of nitrogens with zero attached hydrogens (tertiary/aromatic N) is 1. The highest BCUT2D eigenvalue weighted by molar-refractivity contribution is 9.10. The molecule has 0 aromatic heterocycles. The van der Waals surface area contributed by atoms with E-state index in [0.29, 0.717) is 10.0 Å². The van der Waals surface area contributed by atoms with Gasteiger partial charge in [-0.05, 0) is 31.0 Å². The highest BCUT2D eigenvalue weighted by Gasteiger charge is 2.38. The van der Waals surface area contributed by atoms with Gasteiger partial charge in [0.05, 0.1) is 17.7 Å². The lowest BCUT2D eigenvalue weighted by molar-refractivity contribution is -0.130. The maximum Gasteiger partial charge on any atom is 0.239 e. The molecule has 154 valence electrons. The molecule has 1 aliphatic heterocycles. The zero-order valence-corrected chi connectivity index (χ0v) is 18.7. The number of hydrogen-bond donors (Lipinski definition) is 1. The summed E-state index contributed by atoms with van der Waals surface area (Å²) < 4.78 is 27.8. The van der Waals surface area contributed by atoms with Crippen molar-refractivity contribution in [2.75, 3.05) is 6.54 Å². The maximum atomic E-state index is 12.6. The summed E-state index contributed by atoms with van der Waals surface area (Å²) in [5, 5.41) is 0. The Kier molecular flexibility index (Phi) is 6.43. The molecule has 0 saturated carbocycles. The van der Waals surface area contributed by atoms with Gasteiger partial charge in [-0.25, -0.2) is 8.42 Å². The number of carbonyl (C=O) groups is 2. The van der Waals surface area contributed by atoms with Gasteiger partial charge >= 0.3 is 0 Å². The molecule has 8 heteroatoms. The largest absolute Gasteiger partial charge is 0.335 e. The monoisotopic (exact) mass is 478 g/mol. The van der Waals surface area contributed by atoms with Crippen molar-refractivity contribution in [1.82, 2.24) is 9.62 Å². The fraction of sp³-hybridized carbons (Fsp3) is 0.333. The van der Waals surface area contributed by atoms with E-state index in [1.54, 1.807) is 17.0 Å². The van der Waals surface area contributed by atoms with Crippen LogP contribution in [0.2, 0.25) is 0 Å². The molecule has 0 spiro atoms. The first-order chi connectivity index (χ1) is 13.7. The predicted octanol–water partition coefficient (Wildman–Crippen LogP) is 3.31. The molecule has 3 rings (SSSR count). The Hall–Kier alpha value is -2.19. The van der Waals surface area contributed by atoms with E-state index in [4.69, 9.17) is 0 Å². The fourth-order valence-electron chi connectivity index (χ4n) is 3.48. The number of aryl methyl sites for hydroxylation is 1. The van der Waals surface area contributed by atoms with E-state index >= 15 is 0 Å². The number of halogens is 1. The number of sulfonamides is 1. The summed E-state index contributed by atoms with van der Waals surface area (Å²) in [5.74, 6) is -1.79. The number of benzene rings is 2. The van der Waals surface area contributed by atoms with Crippen molar-refractivity contribution in [2.24, 2.45) is 5.92 Å². The van der Waals surface area contributed by atoms with Crippen molar-refractivity contribution in [3.63, 3.8) is 0 Å². The topological polar surface area (TPSA) is 83.5 Å². The van der Waals surface area contributed by atoms with Crippen molar-refractivity contribution < 1.29 is 18.0 Å². The average molecular weight is 479 g/mol. The normalized spacial score (nSPS) is 18.0. The van der Waals surface area contributed by atoms with Crippen LogP contribution in [-0.2, 0) is 25.4 Å². The Balaban J connectivity index is 1.66. The van der Waals surface area contributed by atoms with Gasteiger partial charge in [0.15, 0.2) is 0 Å². The molecule has 1 fully saturated rings. The first-order valence-electron chi connectivity index (χ1n) is 9.30. The molecule has 6 nitrogen and oxygen atoms in total. The SMILES string of the molecule is Cc1ccc(Br)c(CS(=O)(=O)NC(=O)C2CC(=O)N(C(C)c3ccccc3)C2)c1. The number of hydrogen-bond acceptors (Lipinski definition) is 4. The van der Waals surface area contributed by atoms with Crippen LogP contribution in [0.1, 0.15) is 36.1 Å². The van der Waals surface area contributed by atoms with Crippen molar-refractivity contribution in [1.29, 1.82) is 0 Å². The highest BCUT2D eigenvalue weighted by Crippen LogP contribution is 2.29. The Bertz CT molecular complexity index is 1020. The Morgan fingerprint density at radius 2 is 1.93 bits per heavy atom. The molecule has 2 aromatic rings. The molecule has 1 aliphatic rings. The van der Waals surface area contributed by atoms with E-state index in [2.05, 4.69) is 20.7 Å². The first-order valence-corrected chi connectivity index (χ1v) is 11.7. The molecular formula is C21H23BrN2O4S. The van der Waals surface area contributed by atoms with Crippen molar-refractivity contribution in [2.45, 2.75) is 32.1 Å². The van der Waals surface area contributed by atoms with E-state index in [1.807, 2.05) is 50.2 Å². The molecule has 2 amide bonds. The van der Waals surface area contributed by atoms with E-state index in [1.165, 1.54) is 0 Å². The Morgan fingerprint density at radius 1 is 1.24 bits per heavy atom. The standard InChI is InChI=1S/C21H23BrN2O4S/c1-14-8-9-19(22)18(10-14)13-29(27,28)23-21(26)17-11-20(25)24(12-17)15(2)16-6-4-3-5-7-16/h3-10,15,17H,11-13H2,1-2H3,(H,23,26). The van der Waals surface area contributed by atoms with Crippen LogP contribution < -0.4 is 4.72 Å². The zero-order valence-electron chi connectivity index (χ0n) is 16.3. The number of nitrogens with one attached hydrogen (secondary N) is 1. The van der Waals surface area contributed by atoms with Gasteiger partial charge in [0.2, 0.25) is 21.8 Å². The summed E-state index contributed by atoms with van der Waals surface area (Å²) in [6.07, 6.45) is 0.00661. The van der Waals surface area contributed by atoms with Gasteiger partial charge in [0.25, 0.3) is 0 Å². The van der Waals surface area contributed by atoms with E-state index < -0.39 is 21.8 Å². The molecule has 0 bridgehead atoms. The van der Waals surface area contributed by atoms with Crippen LogP contribution in [-0.4, -0.2) is 31.7 Å². The summed E-state index contributed by atoms with van der Waals surface area (Å²) in [5.41, 5.74) is 2.47. The molecule has 1 saturated heterocycles. The minimum Gasteiger partial charge on any atom is -0.335 e. The molecule has 0 radical (unpaired) electrons. The molecule has 2 atom stereocenters. The molecule has 2 unspecified atom stereocenters. The van der Waals surface area contributed by atoms with Crippen LogP contribution in [0.5, 0.6) is 0 Å². The van der Waals surface area contributed by atoms with Gasteiger partial charge in [-0.15, -0.1) is 0 Å². The van der Waals surface area contributed by atoms with Gasteiger partial charge in [-0.2, -0.15) is 0 Å². The van der Waals surface area contributed by atoms with Gasteiger partial charge in [-0.3, -0.25) is 14.3 Å². The summed E-state index contributed by atoms with van der Waals surface area (Å²) in [6, 6.07) is 14.8. The van der Waals surface area contributed by atoms with Gasteiger partial charge < -0.3 is 4.90 Å². The second-order valence-corrected chi connectivity index (χ2v) is 9.93. The third-order valence-corrected chi connectivity index (χ3v) is 7.06. The van der Waals surface area contributed by atoms with E-state index in [9.17, 15) is 18.0 Å². The summed E-state index contributed by atoms with van der Waals surface area (Å²) in [7, 11) is -3.88. The quantitative estimate of drug-likeness (QED) is 0.689. The third kappa shape index (κ3) is 5.25. The van der Waals surface area contributed by atoms with Gasteiger partial charge in [0, 0.05) is 17.4 Å². The summed E-state index contributed by atoms with van der Waals surface area (Å²) in [6.45, 7) is 3.97. The van der Waals surface area contributed by atoms with Crippen molar-refractivity contribution in [3.05, 3.63) is 69.7 Å². The number of amides is 2. The Labute approximate surface area is 179 Å². The second-order valence-electron chi connectivity index (χ2n) is 7.35. The van der Waals surface area contributed by atoms with Crippen LogP contribution in [0.4, 0.5) is 0 Å². The van der Waals surface area contributed by atoms with E-state index in [0.717, 1.165) is 11.1 Å². The molecular weight excluding hydrogens is 456 g/mol. The molecule has 1 heterocycles. The second kappa shape index (κ2) is 8.67. The minimum atomic E-state index is -3.88. The zero-order chi connectivity index (χ0) is 21.2. The van der Waals surface area contributed by atoms with E-state index in [-0.39, 0.29) is 30.7 Å². The molecule has 1 N–H and O–H groups in total. The van der Waals surface area contributed by atoms with Gasteiger partial charge in [0.1, 0.15) is 0 Å². The predicted molar refractivity (Wildman–Crippen MR) is 114 cm³/mol. The fourth-order valence-corrected chi connectivity index (χ4v) is 5.25. The Morgan fingerprint density at radius 3 is 2.62 bits per heavy atom. The maximum absolute atomic E-state index is 12.6. The number of rotatable bonds is 6. The number of carbonyl (C=O) groups excluding carboxylic acids is 2. The molecule has 29 heavy (non-hydrogen) atoms. The van der Waals surface area contributed by atoms with Crippen LogP contribution in [0.3, 0.4) is 0 Å². The van der Waals surface area contributed by atoms with Crippen LogP contribution in [0.15, 0.2) is 53.0 Å². The molecule has 2 aromatic carbocycles. The van der Waals surface area contributed by atoms with Crippen LogP contribution in [0.25, 0.3) is 0 Å². The third-order valence-electron chi connectivity index (χ3n) is 5.08.